The molecule has 0 aromatic heterocycles. The maximum atomic E-state index is 5.66. The quantitative estimate of drug-likeness (QED) is 0.362. The Morgan fingerprint density at radius 3 is 2.62 bits per heavy atom. The van der Waals surface area contributed by atoms with Gasteiger partial charge in [-0.3, -0.25) is 11.3 Å². The maximum absolute atomic E-state index is 5.66. The van der Waals surface area contributed by atoms with Crippen molar-refractivity contribution in [3.05, 3.63) is 0 Å². The van der Waals surface area contributed by atoms with Crippen LogP contribution in [0.4, 0.5) is 0 Å². The highest BCUT2D eigenvalue weighted by Crippen LogP contribution is 2.19. The number of ether oxygens (including phenoxy) is 1. The third-order valence-corrected chi connectivity index (χ3v) is 3.50. The Bertz CT molecular complexity index is 158. The predicted octanol–water partition coefficient (Wildman–Crippen LogP) is 2.75. The second-order valence-electron chi connectivity index (χ2n) is 4.88. The van der Waals surface area contributed by atoms with E-state index in [9.17, 15) is 0 Å². The fraction of sp³-hybridized carbons (Fsp3) is 1.00. The molecule has 0 amide bonds. The Kier molecular flexibility index (Phi) is 7.81. The molecule has 96 valence electrons. The van der Waals surface area contributed by atoms with Gasteiger partial charge in [-0.15, -0.1) is 0 Å². The molecule has 0 saturated carbocycles. The van der Waals surface area contributed by atoms with Gasteiger partial charge in [0.1, 0.15) is 0 Å². The fourth-order valence-electron chi connectivity index (χ4n) is 2.44. The molecular weight excluding hydrogens is 200 g/mol. The van der Waals surface area contributed by atoms with E-state index in [2.05, 4.69) is 12.3 Å². The molecule has 3 heteroatoms. The molecule has 1 fully saturated rings. The lowest BCUT2D eigenvalue weighted by atomic mass is 10.0. The first-order chi connectivity index (χ1) is 7.88. The van der Waals surface area contributed by atoms with Gasteiger partial charge >= 0.3 is 0 Å². The molecule has 0 aromatic carbocycles. The summed E-state index contributed by atoms with van der Waals surface area (Å²) in [6.45, 7) is 3.17. The molecule has 16 heavy (non-hydrogen) atoms. The van der Waals surface area contributed by atoms with Crippen molar-refractivity contribution in [2.24, 2.45) is 5.84 Å². The predicted molar refractivity (Wildman–Crippen MR) is 68.1 cm³/mol. The van der Waals surface area contributed by atoms with E-state index < -0.39 is 0 Å². The number of rotatable bonds is 9. The number of unbranched alkanes of at least 4 members (excludes halogenated alkanes) is 5. The van der Waals surface area contributed by atoms with Crippen LogP contribution in [0.2, 0.25) is 0 Å². The molecule has 0 radical (unpaired) electrons. The Balaban J connectivity index is 2.00. The minimum atomic E-state index is 0.362. The summed E-state index contributed by atoms with van der Waals surface area (Å²) >= 11 is 0. The van der Waals surface area contributed by atoms with E-state index in [0.717, 1.165) is 13.0 Å². The summed E-state index contributed by atoms with van der Waals surface area (Å²) in [6.07, 6.45) is 12.0. The zero-order valence-electron chi connectivity index (χ0n) is 10.7. The first-order valence-electron chi connectivity index (χ1n) is 6.96. The van der Waals surface area contributed by atoms with Gasteiger partial charge < -0.3 is 4.74 Å². The van der Waals surface area contributed by atoms with Crippen LogP contribution in [-0.2, 0) is 4.74 Å². The molecule has 1 heterocycles. The lowest BCUT2D eigenvalue weighted by Crippen LogP contribution is -2.43. The molecule has 0 aromatic rings. The molecule has 2 atom stereocenters. The Morgan fingerprint density at radius 1 is 1.25 bits per heavy atom. The summed E-state index contributed by atoms with van der Waals surface area (Å²) < 4.78 is 5.66. The average Bonchev–Trinajstić information content (AvgIpc) is 2.82. The molecule has 0 spiro atoms. The van der Waals surface area contributed by atoms with Gasteiger partial charge in [-0.05, 0) is 19.3 Å². The zero-order valence-corrected chi connectivity index (χ0v) is 10.7. The van der Waals surface area contributed by atoms with Crippen molar-refractivity contribution in [2.45, 2.75) is 76.9 Å². The zero-order chi connectivity index (χ0) is 11.6. The third-order valence-electron chi connectivity index (χ3n) is 3.50. The van der Waals surface area contributed by atoms with E-state index in [1.165, 1.54) is 51.4 Å². The molecule has 1 aliphatic heterocycles. The summed E-state index contributed by atoms with van der Waals surface area (Å²) in [6, 6.07) is 0.369. The number of hydrogen-bond donors (Lipinski definition) is 2. The van der Waals surface area contributed by atoms with Crippen molar-refractivity contribution >= 4 is 0 Å². The Labute approximate surface area is 100 Å². The van der Waals surface area contributed by atoms with Crippen molar-refractivity contribution in [2.75, 3.05) is 6.61 Å². The largest absolute Gasteiger partial charge is 0.377 e. The average molecular weight is 228 g/mol. The summed E-state index contributed by atoms with van der Waals surface area (Å²) in [5.41, 5.74) is 2.92. The highest BCUT2D eigenvalue weighted by atomic mass is 16.5. The molecule has 2 unspecified atom stereocenters. The van der Waals surface area contributed by atoms with E-state index in [0.29, 0.717) is 12.1 Å². The van der Waals surface area contributed by atoms with E-state index >= 15 is 0 Å². The molecular formula is C13H28N2O. The fourth-order valence-corrected chi connectivity index (χ4v) is 2.44. The molecule has 0 bridgehead atoms. The molecule has 1 saturated heterocycles. The Morgan fingerprint density at radius 2 is 2.00 bits per heavy atom. The molecule has 3 N–H and O–H groups in total. The normalized spacial score (nSPS) is 22.5. The van der Waals surface area contributed by atoms with Gasteiger partial charge in [-0.2, -0.15) is 0 Å². The van der Waals surface area contributed by atoms with Gasteiger partial charge in [0, 0.05) is 12.6 Å². The lowest BCUT2D eigenvalue weighted by molar-refractivity contribution is 0.0747. The van der Waals surface area contributed by atoms with Crippen molar-refractivity contribution in [1.29, 1.82) is 0 Å². The van der Waals surface area contributed by atoms with E-state index in [1.807, 2.05) is 0 Å². The van der Waals surface area contributed by atoms with Crippen LogP contribution < -0.4 is 11.3 Å². The number of nitrogens with two attached hydrogens (primary N) is 1. The second kappa shape index (κ2) is 8.97. The van der Waals surface area contributed by atoms with E-state index in [-0.39, 0.29) is 0 Å². The summed E-state index contributed by atoms with van der Waals surface area (Å²) in [5.74, 6) is 5.59. The van der Waals surface area contributed by atoms with Crippen LogP contribution >= 0.6 is 0 Å². The first kappa shape index (κ1) is 13.9. The number of nitrogens with one attached hydrogen (secondary N) is 1. The smallest absolute Gasteiger partial charge is 0.0742 e. The molecule has 0 aliphatic carbocycles. The highest BCUT2D eigenvalue weighted by Gasteiger charge is 2.24. The van der Waals surface area contributed by atoms with Crippen LogP contribution in [0.15, 0.2) is 0 Å². The second-order valence-corrected chi connectivity index (χ2v) is 4.88. The van der Waals surface area contributed by atoms with Crippen molar-refractivity contribution < 1.29 is 4.74 Å². The molecule has 1 rings (SSSR count). The van der Waals surface area contributed by atoms with Crippen LogP contribution in [0, 0.1) is 0 Å². The highest BCUT2D eigenvalue weighted by molar-refractivity contribution is 4.78. The van der Waals surface area contributed by atoms with E-state index in [1.54, 1.807) is 0 Å². The van der Waals surface area contributed by atoms with Crippen LogP contribution in [0.3, 0.4) is 0 Å². The Hall–Kier alpha value is -0.120. The van der Waals surface area contributed by atoms with Crippen molar-refractivity contribution in [3.8, 4) is 0 Å². The van der Waals surface area contributed by atoms with E-state index in [4.69, 9.17) is 10.6 Å². The van der Waals surface area contributed by atoms with Gasteiger partial charge in [-0.1, -0.05) is 45.4 Å². The minimum absolute atomic E-state index is 0.362. The standard InChI is InChI=1S/C13H28N2O/c1-2-3-4-5-6-7-9-12(15-14)13-10-8-11-16-13/h12-13,15H,2-11,14H2,1H3. The van der Waals surface area contributed by atoms with Gasteiger partial charge in [0.05, 0.1) is 6.10 Å². The topological polar surface area (TPSA) is 47.3 Å². The summed E-state index contributed by atoms with van der Waals surface area (Å²) in [7, 11) is 0. The molecule has 1 aliphatic rings. The van der Waals surface area contributed by atoms with Gasteiger partial charge in [0.15, 0.2) is 0 Å². The van der Waals surface area contributed by atoms with Crippen LogP contribution in [-0.4, -0.2) is 18.8 Å². The third kappa shape index (κ3) is 5.28. The summed E-state index contributed by atoms with van der Waals surface area (Å²) in [5, 5.41) is 0. The van der Waals surface area contributed by atoms with Crippen LogP contribution in [0.1, 0.15) is 64.7 Å². The van der Waals surface area contributed by atoms with Gasteiger partial charge in [-0.25, -0.2) is 0 Å². The van der Waals surface area contributed by atoms with Crippen molar-refractivity contribution in [1.82, 2.24) is 5.43 Å². The van der Waals surface area contributed by atoms with Gasteiger partial charge in [0.2, 0.25) is 0 Å². The number of hydrazine groups is 1. The number of hydrogen-bond acceptors (Lipinski definition) is 3. The molecule has 3 nitrogen and oxygen atoms in total. The minimum Gasteiger partial charge on any atom is -0.377 e. The van der Waals surface area contributed by atoms with Crippen LogP contribution in [0.25, 0.3) is 0 Å². The van der Waals surface area contributed by atoms with Crippen molar-refractivity contribution in [3.63, 3.8) is 0 Å². The monoisotopic (exact) mass is 228 g/mol. The van der Waals surface area contributed by atoms with Gasteiger partial charge in [0.25, 0.3) is 0 Å². The summed E-state index contributed by atoms with van der Waals surface area (Å²) in [4.78, 5) is 0. The maximum Gasteiger partial charge on any atom is 0.0742 e. The van der Waals surface area contributed by atoms with Crippen LogP contribution in [0.5, 0.6) is 0 Å². The SMILES string of the molecule is CCCCCCCCC(NN)C1CCCO1. The lowest BCUT2D eigenvalue weighted by Gasteiger charge is -2.21. The first-order valence-corrected chi connectivity index (χ1v) is 6.96.